The van der Waals surface area contributed by atoms with E-state index in [9.17, 15) is 0 Å². The Hall–Kier alpha value is -0.120. The van der Waals surface area contributed by atoms with Crippen LogP contribution in [0.25, 0.3) is 0 Å². The van der Waals surface area contributed by atoms with Crippen LogP contribution in [0.1, 0.15) is 19.8 Å². The predicted octanol–water partition coefficient (Wildman–Crippen LogP) is 0.265. The minimum Gasteiger partial charge on any atom is -0.378 e. The van der Waals surface area contributed by atoms with Crippen molar-refractivity contribution in [2.45, 2.75) is 25.9 Å². The molecule has 10 heavy (non-hydrogen) atoms. The Bertz CT molecular complexity index is 97.6. The Balaban J connectivity index is 1.78. The van der Waals surface area contributed by atoms with Gasteiger partial charge in [-0.05, 0) is 18.8 Å². The molecule has 60 valence electrons. The maximum Gasteiger partial charge on any atom is 0.0605 e. The highest BCUT2D eigenvalue weighted by molar-refractivity contribution is 4.83. The maximum atomic E-state index is 5.47. The molecule has 1 aliphatic rings. The number of hydrogen-bond acceptors (Lipinski definition) is 3. The number of hydrazine groups is 1. The van der Waals surface area contributed by atoms with Crippen molar-refractivity contribution in [3.63, 3.8) is 0 Å². The lowest BCUT2D eigenvalue weighted by Gasteiger charge is -2.00. The van der Waals surface area contributed by atoms with Crippen molar-refractivity contribution in [2.24, 2.45) is 11.8 Å². The number of ether oxygens (including phenoxy) is 1. The fraction of sp³-hybridized carbons (Fsp3) is 1.00. The molecule has 3 heteroatoms. The topological polar surface area (TPSA) is 47.3 Å². The van der Waals surface area contributed by atoms with Gasteiger partial charge in [0.25, 0.3) is 0 Å². The van der Waals surface area contributed by atoms with Crippen LogP contribution in [-0.4, -0.2) is 19.3 Å². The Kier molecular flexibility index (Phi) is 3.12. The van der Waals surface area contributed by atoms with E-state index in [0.717, 1.165) is 25.5 Å². The van der Waals surface area contributed by atoms with Crippen LogP contribution in [0.3, 0.4) is 0 Å². The zero-order valence-electron chi connectivity index (χ0n) is 6.47. The van der Waals surface area contributed by atoms with E-state index in [-0.39, 0.29) is 0 Å². The summed E-state index contributed by atoms with van der Waals surface area (Å²) in [6.45, 7) is 3.91. The number of nitrogens with two attached hydrogens (primary N) is 1. The largest absolute Gasteiger partial charge is 0.378 e. The quantitative estimate of drug-likeness (QED) is 0.330. The van der Waals surface area contributed by atoms with Gasteiger partial charge >= 0.3 is 0 Å². The standard InChI is InChI=1S/C7H16N2O/c1-6-5-7(6)10-4-2-3-9-8/h6-7,9H,2-5,8H2,1H3/t6?,7-/m0/s1. The minimum atomic E-state index is 0.553. The first-order chi connectivity index (χ1) is 4.84. The van der Waals surface area contributed by atoms with Crippen molar-refractivity contribution in [1.29, 1.82) is 0 Å². The van der Waals surface area contributed by atoms with E-state index in [1.807, 2.05) is 0 Å². The Labute approximate surface area is 61.9 Å². The minimum absolute atomic E-state index is 0.553. The van der Waals surface area contributed by atoms with E-state index in [1.54, 1.807) is 0 Å². The molecule has 0 radical (unpaired) electrons. The first-order valence-corrected chi connectivity index (χ1v) is 3.89. The molecule has 3 nitrogen and oxygen atoms in total. The van der Waals surface area contributed by atoms with E-state index in [2.05, 4.69) is 12.3 Å². The molecule has 0 heterocycles. The smallest absolute Gasteiger partial charge is 0.0605 e. The predicted molar refractivity (Wildman–Crippen MR) is 40.3 cm³/mol. The fourth-order valence-corrected chi connectivity index (χ4v) is 0.929. The third kappa shape index (κ3) is 2.64. The van der Waals surface area contributed by atoms with Crippen LogP contribution in [0.4, 0.5) is 0 Å². The maximum absolute atomic E-state index is 5.47. The van der Waals surface area contributed by atoms with Crippen molar-refractivity contribution in [3.8, 4) is 0 Å². The lowest BCUT2D eigenvalue weighted by molar-refractivity contribution is 0.108. The monoisotopic (exact) mass is 144 g/mol. The molecule has 0 amide bonds. The molecule has 0 bridgehead atoms. The first-order valence-electron chi connectivity index (χ1n) is 3.89. The van der Waals surface area contributed by atoms with Crippen molar-refractivity contribution in [2.75, 3.05) is 13.2 Å². The average Bonchev–Trinajstić information content (AvgIpc) is 2.60. The van der Waals surface area contributed by atoms with Crippen molar-refractivity contribution in [3.05, 3.63) is 0 Å². The molecule has 1 unspecified atom stereocenters. The van der Waals surface area contributed by atoms with Crippen LogP contribution in [0, 0.1) is 5.92 Å². The van der Waals surface area contributed by atoms with Crippen LogP contribution in [0.15, 0.2) is 0 Å². The molecular formula is C7H16N2O. The highest BCUT2D eigenvalue weighted by Crippen LogP contribution is 2.32. The lowest BCUT2D eigenvalue weighted by atomic mass is 10.4. The molecule has 2 atom stereocenters. The average molecular weight is 144 g/mol. The van der Waals surface area contributed by atoms with Gasteiger partial charge in [0.15, 0.2) is 0 Å². The van der Waals surface area contributed by atoms with E-state index >= 15 is 0 Å². The van der Waals surface area contributed by atoms with E-state index in [4.69, 9.17) is 10.6 Å². The summed E-state index contributed by atoms with van der Waals surface area (Å²) < 4.78 is 5.47. The molecule has 0 spiro atoms. The second kappa shape index (κ2) is 3.91. The molecule has 3 N–H and O–H groups in total. The summed E-state index contributed by atoms with van der Waals surface area (Å²) >= 11 is 0. The summed E-state index contributed by atoms with van der Waals surface area (Å²) in [4.78, 5) is 0. The molecular weight excluding hydrogens is 128 g/mol. The lowest BCUT2D eigenvalue weighted by Crippen LogP contribution is -2.24. The SMILES string of the molecule is CC1C[C@@H]1OCCCNN. The van der Waals surface area contributed by atoms with Crippen molar-refractivity contribution in [1.82, 2.24) is 5.43 Å². The zero-order valence-corrected chi connectivity index (χ0v) is 6.47. The first kappa shape index (κ1) is 7.98. The van der Waals surface area contributed by atoms with Gasteiger partial charge in [0.2, 0.25) is 0 Å². The molecule has 1 aliphatic carbocycles. The van der Waals surface area contributed by atoms with Crippen molar-refractivity contribution >= 4 is 0 Å². The van der Waals surface area contributed by atoms with E-state index in [1.165, 1.54) is 6.42 Å². The van der Waals surface area contributed by atoms with E-state index in [0.29, 0.717) is 6.10 Å². The second-order valence-electron chi connectivity index (χ2n) is 2.93. The molecule has 0 saturated heterocycles. The van der Waals surface area contributed by atoms with Crippen LogP contribution in [0.2, 0.25) is 0 Å². The zero-order chi connectivity index (χ0) is 7.40. The summed E-state index contributed by atoms with van der Waals surface area (Å²) in [5.41, 5.74) is 2.59. The number of nitrogens with one attached hydrogen (secondary N) is 1. The molecule has 0 aromatic heterocycles. The Morgan fingerprint density at radius 2 is 2.40 bits per heavy atom. The second-order valence-corrected chi connectivity index (χ2v) is 2.93. The fourth-order valence-electron chi connectivity index (χ4n) is 0.929. The molecule has 0 aromatic rings. The Morgan fingerprint density at radius 1 is 1.70 bits per heavy atom. The van der Waals surface area contributed by atoms with Gasteiger partial charge in [-0.1, -0.05) is 6.92 Å². The highest BCUT2D eigenvalue weighted by Gasteiger charge is 2.33. The highest BCUT2D eigenvalue weighted by atomic mass is 16.5. The summed E-state index contributed by atoms with van der Waals surface area (Å²) in [5.74, 6) is 5.88. The molecule has 1 fully saturated rings. The van der Waals surface area contributed by atoms with Crippen LogP contribution in [0.5, 0.6) is 0 Å². The molecule has 1 rings (SSSR count). The summed E-state index contributed by atoms with van der Waals surface area (Å²) in [7, 11) is 0. The van der Waals surface area contributed by atoms with Gasteiger partial charge in [-0.3, -0.25) is 11.3 Å². The number of hydrogen-bond donors (Lipinski definition) is 2. The summed E-state index contributed by atoms with van der Waals surface area (Å²) in [6.07, 6.45) is 2.81. The van der Waals surface area contributed by atoms with Gasteiger partial charge in [-0.15, -0.1) is 0 Å². The molecule has 0 aromatic carbocycles. The third-order valence-electron chi connectivity index (χ3n) is 1.83. The summed E-state index contributed by atoms with van der Waals surface area (Å²) in [5, 5.41) is 0. The Morgan fingerprint density at radius 3 is 2.90 bits per heavy atom. The van der Waals surface area contributed by atoms with Crippen LogP contribution in [-0.2, 0) is 4.74 Å². The van der Waals surface area contributed by atoms with Gasteiger partial charge in [0, 0.05) is 13.2 Å². The molecule has 1 saturated carbocycles. The van der Waals surface area contributed by atoms with Crippen LogP contribution >= 0.6 is 0 Å². The van der Waals surface area contributed by atoms with Gasteiger partial charge in [-0.25, -0.2) is 0 Å². The third-order valence-corrected chi connectivity index (χ3v) is 1.83. The summed E-state index contributed by atoms with van der Waals surface area (Å²) in [6, 6.07) is 0. The van der Waals surface area contributed by atoms with Gasteiger partial charge in [0.05, 0.1) is 6.10 Å². The van der Waals surface area contributed by atoms with Crippen molar-refractivity contribution < 1.29 is 4.74 Å². The molecule has 0 aliphatic heterocycles. The van der Waals surface area contributed by atoms with Crippen LogP contribution < -0.4 is 11.3 Å². The van der Waals surface area contributed by atoms with E-state index < -0.39 is 0 Å². The van der Waals surface area contributed by atoms with Gasteiger partial charge < -0.3 is 4.74 Å². The van der Waals surface area contributed by atoms with Gasteiger partial charge in [0.1, 0.15) is 0 Å². The normalized spacial score (nSPS) is 30.6. The van der Waals surface area contributed by atoms with Gasteiger partial charge in [-0.2, -0.15) is 0 Å². The number of rotatable bonds is 5.